The predicted molar refractivity (Wildman–Crippen MR) is 132 cm³/mol. The minimum absolute atomic E-state index is 0.0406. The van der Waals surface area contributed by atoms with Crippen LogP contribution >= 0.6 is 0 Å². The highest BCUT2D eigenvalue weighted by atomic mass is 16.6. The Hall–Kier alpha value is -3.01. The molecule has 2 aliphatic rings. The van der Waals surface area contributed by atoms with Crippen molar-refractivity contribution in [2.45, 2.75) is 71.1 Å². The largest absolute Gasteiger partial charge is 0.496 e. The van der Waals surface area contributed by atoms with E-state index < -0.39 is 23.1 Å². The molecule has 1 aromatic carbocycles. The highest BCUT2D eigenvalue weighted by Crippen LogP contribution is 2.35. The number of rotatable bonds is 9. The predicted octanol–water partition coefficient (Wildman–Crippen LogP) is 3.97. The summed E-state index contributed by atoms with van der Waals surface area (Å²) >= 11 is 0. The molecule has 0 radical (unpaired) electrons. The number of carbonyl (C=O) groups excluding carboxylic acids is 1. The van der Waals surface area contributed by atoms with E-state index in [4.69, 9.17) is 14.2 Å². The van der Waals surface area contributed by atoms with Gasteiger partial charge in [0.15, 0.2) is 0 Å². The van der Waals surface area contributed by atoms with Gasteiger partial charge in [0, 0.05) is 44.6 Å². The zero-order chi connectivity index (χ0) is 26.6. The number of carboxylic acid groups (broad SMARTS) is 2. The van der Waals surface area contributed by atoms with Crippen molar-refractivity contribution < 1.29 is 38.8 Å². The number of carboxylic acids is 2. The van der Waals surface area contributed by atoms with E-state index >= 15 is 0 Å². The lowest BCUT2D eigenvalue weighted by molar-refractivity contribution is 0.000249. The summed E-state index contributed by atoms with van der Waals surface area (Å²) in [6.07, 6.45) is 3.16. The third kappa shape index (κ3) is 6.81. The zero-order valence-electron chi connectivity index (χ0n) is 21.8. The van der Waals surface area contributed by atoms with Crippen LogP contribution in [0.25, 0.3) is 0 Å². The Morgan fingerprint density at radius 2 is 1.72 bits per heavy atom. The van der Waals surface area contributed by atoms with E-state index in [-0.39, 0.29) is 29.3 Å². The topological polar surface area (TPSA) is 126 Å². The van der Waals surface area contributed by atoms with Crippen LogP contribution in [0.1, 0.15) is 74.1 Å². The number of likely N-dealkylation sites (tertiary alicyclic amines) is 1. The molecule has 1 aliphatic heterocycles. The lowest BCUT2D eigenvalue weighted by atomic mass is 9.86. The maximum Gasteiger partial charge on any atom is 0.410 e. The number of ether oxygens (including phenoxy) is 3. The number of methoxy groups -OCH3 is 1. The quantitative estimate of drug-likeness (QED) is 0.511. The van der Waals surface area contributed by atoms with Gasteiger partial charge in [0.1, 0.15) is 28.8 Å². The Balaban J connectivity index is 1.52. The van der Waals surface area contributed by atoms with E-state index in [1.54, 1.807) is 4.90 Å². The molecule has 2 fully saturated rings. The lowest BCUT2D eigenvalue weighted by Crippen LogP contribution is -2.51. The van der Waals surface area contributed by atoms with E-state index in [2.05, 4.69) is 11.8 Å². The summed E-state index contributed by atoms with van der Waals surface area (Å²) in [5.41, 5.74) is -1.24. The molecule has 10 nitrogen and oxygen atoms in total. The molecule has 0 unspecified atom stereocenters. The van der Waals surface area contributed by atoms with Gasteiger partial charge in [-0.2, -0.15) is 0 Å². The first-order chi connectivity index (χ1) is 16.9. The molecule has 1 amide bonds. The molecule has 0 spiro atoms. The maximum absolute atomic E-state index is 12.3. The molecule has 1 saturated carbocycles. The molecule has 1 aromatic rings. The summed E-state index contributed by atoms with van der Waals surface area (Å²) in [5.74, 6) is -1.96. The first kappa shape index (κ1) is 27.6. The number of hydrogen-bond donors (Lipinski definition) is 2. The molecular formula is C26H38N2O8. The minimum atomic E-state index is -1.37. The number of aromatic carboxylic acids is 2. The number of carbonyl (C=O) groups is 3. The van der Waals surface area contributed by atoms with Crippen LogP contribution in [0.4, 0.5) is 4.79 Å². The lowest BCUT2D eigenvalue weighted by Gasteiger charge is -2.44. The number of piperidine rings is 1. The smallest absolute Gasteiger partial charge is 0.410 e. The molecular weight excluding hydrogens is 468 g/mol. The highest BCUT2D eigenvalue weighted by molar-refractivity contribution is 6.04. The normalized spacial score (nSPS) is 20.6. The van der Waals surface area contributed by atoms with Crippen LogP contribution < -0.4 is 9.47 Å². The van der Waals surface area contributed by atoms with Crippen molar-refractivity contribution in [1.82, 2.24) is 9.80 Å². The van der Waals surface area contributed by atoms with E-state index in [0.29, 0.717) is 25.0 Å². The fourth-order valence-electron chi connectivity index (χ4n) is 4.83. The molecule has 1 saturated heterocycles. The Morgan fingerprint density at radius 1 is 1.08 bits per heavy atom. The second-order valence-corrected chi connectivity index (χ2v) is 10.5. The van der Waals surface area contributed by atoms with Crippen molar-refractivity contribution in [3.63, 3.8) is 0 Å². The van der Waals surface area contributed by atoms with Gasteiger partial charge in [-0.05, 0) is 52.1 Å². The van der Waals surface area contributed by atoms with Crippen LogP contribution in [0, 0.1) is 5.92 Å². The van der Waals surface area contributed by atoms with Gasteiger partial charge in [-0.1, -0.05) is 6.92 Å². The van der Waals surface area contributed by atoms with Crippen LogP contribution in [0.15, 0.2) is 12.1 Å². The molecule has 0 aromatic heterocycles. The van der Waals surface area contributed by atoms with E-state index in [9.17, 15) is 24.6 Å². The number of hydrogen-bond acceptors (Lipinski definition) is 7. The Labute approximate surface area is 212 Å². The fraction of sp³-hybridized carbons (Fsp3) is 0.654. The summed E-state index contributed by atoms with van der Waals surface area (Å²) < 4.78 is 16.6. The third-order valence-electron chi connectivity index (χ3n) is 6.79. The van der Waals surface area contributed by atoms with Gasteiger partial charge >= 0.3 is 18.0 Å². The maximum atomic E-state index is 12.3. The van der Waals surface area contributed by atoms with Gasteiger partial charge in [-0.25, -0.2) is 14.4 Å². The SMILES string of the molecule is CCN(CC1CCN(C(=O)OC(C)(C)C)CC1)C1CC(Oc2cc(OC)c(C(=O)O)c(C(=O)O)c2)C1. The molecule has 1 aliphatic carbocycles. The van der Waals surface area contributed by atoms with Gasteiger partial charge in [0.05, 0.1) is 12.7 Å². The van der Waals surface area contributed by atoms with Gasteiger partial charge < -0.3 is 34.2 Å². The monoisotopic (exact) mass is 506 g/mol. The average Bonchev–Trinajstić information content (AvgIpc) is 2.78. The molecule has 36 heavy (non-hydrogen) atoms. The third-order valence-corrected chi connectivity index (χ3v) is 6.79. The summed E-state index contributed by atoms with van der Waals surface area (Å²) in [5, 5.41) is 18.8. The van der Waals surface area contributed by atoms with E-state index in [1.165, 1.54) is 19.2 Å². The van der Waals surface area contributed by atoms with Crippen LogP contribution in [-0.4, -0.2) is 89.1 Å². The van der Waals surface area contributed by atoms with Crippen LogP contribution in [0.2, 0.25) is 0 Å². The van der Waals surface area contributed by atoms with E-state index in [0.717, 1.165) is 38.8 Å². The molecule has 0 bridgehead atoms. The van der Waals surface area contributed by atoms with Crippen molar-refractivity contribution in [2.24, 2.45) is 5.92 Å². The number of amides is 1. The molecule has 10 heteroatoms. The highest BCUT2D eigenvalue weighted by Gasteiger charge is 2.37. The summed E-state index contributed by atoms with van der Waals surface area (Å²) in [4.78, 5) is 39.7. The zero-order valence-corrected chi connectivity index (χ0v) is 21.8. The van der Waals surface area contributed by atoms with Crippen LogP contribution in [0.5, 0.6) is 11.5 Å². The standard InChI is InChI=1S/C26H38N2O8/c1-6-27(15-16-7-9-28(10-8-16)25(33)36-26(2,3)4)17-11-18(12-17)35-19-13-20(23(29)30)22(24(31)32)21(14-19)34-5/h13-14,16-18H,6-12,15H2,1-5H3,(H,29,30)(H,31,32). The summed E-state index contributed by atoms with van der Waals surface area (Å²) in [6, 6.07) is 3.04. The van der Waals surface area contributed by atoms with Gasteiger partial charge in [0.2, 0.25) is 0 Å². The Morgan fingerprint density at radius 3 is 2.22 bits per heavy atom. The van der Waals surface area contributed by atoms with Crippen molar-refractivity contribution in [3.8, 4) is 11.5 Å². The summed E-state index contributed by atoms with van der Waals surface area (Å²) in [6.45, 7) is 11.0. The average molecular weight is 507 g/mol. The second kappa shape index (κ2) is 11.4. The molecule has 200 valence electrons. The second-order valence-electron chi connectivity index (χ2n) is 10.5. The van der Waals surface area contributed by atoms with Gasteiger partial charge in [-0.15, -0.1) is 0 Å². The van der Waals surface area contributed by atoms with Gasteiger partial charge in [0.25, 0.3) is 0 Å². The molecule has 3 rings (SSSR count). The van der Waals surface area contributed by atoms with Crippen LogP contribution in [-0.2, 0) is 4.74 Å². The van der Waals surface area contributed by atoms with Crippen LogP contribution in [0.3, 0.4) is 0 Å². The summed E-state index contributed by atoms with van der Waals surface area (Å²) in [7, 11) is 1.30. The molecule has 2 N–H and O–H groups in total. The first-order valence-corrected chi connectivity index (χ1v) is 12.5. The van der Waals surface area contributed by atoms with Gasteiger partial charge in [-0.3, -0.25) is 0 Å². The Kier molecular flexibility index (Phi) is 8.71. The van der Waals surface area contributed by atoms with Crippen molar-refractivity contribution in [2.75, 3.05) is 33.3 Å². The first-order valence-electron chi connectivity index (χ1n) is 12.5. The van der Waals surface area contributed by atoms with Crippen molar-refractivity contribution in [1.29, 1.82) is 0 Å². The number of nitrogens with zero attached hydrogens (tertiary/aromatic N) is 2. The number of benzene rings is 1. The van der Waals surface area contributed by atoms with Crippen molar-refractivity contribution >= 4 is 18.0 Å². The minimum Gasteiger partial charge on any atom is -0.496 e. The fourth-order valence-corrected chi connectivity index (χ4v) is 4.83. The molecule has 0 atom stereocenters. The van der Waals surface area contributed by atoms with E-state index in [1.807, 2.05) is 20.8 Å². The van der Waals surface area contributed by atoms with Crippen molar-refractivity contribution in [3.05, 3.63) is 23.3 Å². The Bertz CT molecular complexity index is 959. The molecule has 1 heterocycles.